The first-order valence-corrected chi connectivity index (χ1v) is 18.3. The minimum absolute atomic E-state index is 0.0576. The summed E-state index contributed by atoms with van der Waals surface area (Å²) in [5.41, 5.74) is 0.751. The van der Waals surface area contributed by atoms with E-state index in [0.717, 1.165) is 46.9 Å². The molecule has 4 bridgehead atoms. The van der Waals surface area contributed by atoms with Gasteiger partial charge in [-0.3, -0.25) is 14.4 Å². The van der Waals surface area contributed by atoms with Gasteiger partial charge < -0.3 is 19.7 Å². The summed E-state index contributed by atoms with van der Waals surface area (Å²) in [6.45, 7) is 2.98. The monoisotopic (exact) mass is 638 g/mol. The van der Waals surface area contributed by atoms with Gasteiger partial charge in [0.15, 0.2) is 0 Å². The third-order valence-corrected chi connectivity index (χ3v) is 13.2. The molecule has 7 heteroatoms. The predicted octanol–water partition coefficient (Wildman–Crippen LogP) is 6.93. The van der Waals surface area contributed by atoms with Crippen LogP contribution in [0.25, 0.3) is 10.8 Å². The van der Waals surface area contributed by atoms with Crippen LogP contribution in [-0.4, -0.2) is 48.5 Å². The number of nitrogens with zero attached hydrogens (tertiary/aromatic N) is 1. The van der Waals surface area contributed by atoms with Crippen molar-refractivity contribution in [2.24, 2.45) is 40.4 Å². The van der Waals surface area contributed by atoms with Crippen LogP contribution in [0.3, 0.4) is 0 Å². The van der Waals surface area contributed by atoms with Crippen molar-refractivity contribution in [3.8, 4) is 0 Å². The van der Waals surface area contributed by atoms with Gasteiger partial charge >= 0.3 is 5.97 Å². The summed E-state index contributed by atoms with van der Waals surface area (Å²) in [4.78, 5) is 44.3. The van der Waals surface area contributed by atoms with Crippen molar-refractivity contribution in [1.29, 1.82) is 0 Å². The lowest BCUT2D eigenvalue weighted by molar-refractivity contribution is -0.178. The Bertz CT molecular complexity index is 1550. The molecule has 2 amide bonds. The molecular formula is C40H50N2O5. The fourth-order valence-electron chi connectivity index (χ4n) is 11.4. The smallest absolute Gasteiger partial charge is 0.320 e. The molecule has 0 aromatic heterocycles. The van der Waals surface area contributed by atoms with Gasteiger partial charge in [-0.1, -0.05) is 55.3 Å². The van der Waals surface area contributed by atoms with Crippen LogP contribution in [-0.2, 0) is 30.4 Å². The van der Waals surface area contributed by atoms with Gasteiger partial charge in [0.25, 0.3) is 0 Å². The Labute approximate surface area is 278 Å². The summed E-state index contributed by atoms with van der Waals surface area (Å²) in [7, 11) is 1.42. The summed E-state index contributed by atoms with van der Waals surface area (Å²) in [5.74, 6) is 1.56. The van der Waals surface area contributed by atoms with Crippen LogP contribution in [0.15, 0.2) is 54.2 Å². The fourth-order valence-corrected chi connectivity index (χ4v) is 11.4. The van der Waals surface area contributed by atoms with E-state index >= 15 is 0 Å². The van der Waals surface area contributed by atoms with E-state index in [4.69, 9.17) is 9.47 Å². The summed E-state index contributed by atoms with van der Waals surface area (Å²) in [5, 5.41) is 5.49. The maximum Gasteiger partial charge on any atom is 0.320 e. The molecule has 5 saturated carbocycles. The molecule has 1 N–H and O–H groups in total. The highest BCUT2D eigenvalue weighted by Gasteiger charge is 2.60. The van der Waals surface area contributed by atoms with Crippen LogP contribution in [0, 0.1) is 40.4 Å². The van der Waals surface area contributed by atoms with E-state index in [1.54, 1.807) is 0 Å². The topological polar surface area (TPSA) is 84.9 Å². The summed E-state index contributed by atoms with van der Waals surface area (Å²) in [6, 6.07) is 14.4. The highest BCUT2D eigenvalue weighted by molar-refractivity contribution is 5.93. The molecule has 7 nitrogen and oxygen atoms in total. The van der Waals surface area contributed by atoms with Crippen molar-refractivity contribution >= 4 is 28.6 Å². The quantitative estimate of drug-likeness (QED) is 0.317. The Morgan fingerprint density at radius 3 is 2.34 bits per heavy atom. The molecule has 2 aliphatic heterocycles. The molecule has 7 aliphatic rings. The SMILES string of the molecule is COC(=O)[C@]12C[C@H](CC(=O)NCC34CC5CC(CC(C5)C3)C4)C(=O)N(Cc3cccc4ccccc34)C1=C[C@H](C1CCCC1)O[C@@H]2C. The Kier molecular flexibility index (Phi) is 7.97. The largest absolute Gasteiger partial charge is 0.468 e. The number of nitrogens with one attached hydrogen (secondary N) is 1. The Morgan fingerprint density at radius 2 is 1.64 bits per heavy atom. The lowest BCUT2D eigenvalue weighted by Crippen LogP contribution is -2.60. The minimum atomic E-state index is -1.17. The molecule has 2 aromatic rings. The Hall–Kier alpha value is -3.19. The number of carbonyl (C=O) groups is 3. The molecule has 4 atom stereocenters. The van der Waals surface area contributed by atoms with Crippen LogP contribution in [0.4, 0.5) is 0 Å². The average Bonchev–Trinajstić information content (AvgIpc) is 3.61. The zero-order valence-electron chi connectivity index (χ0n) is 28.0. The summed E-state index contributed by atoms with van der Waals surface area (Å²) in [6.07, 6.45) is 13.9. The van der Waals surface area contributed by atoms with E-state index < -0.39 is 23.4 Å². The third-order valence-electron chi connectivity index (χ3n) is 13.2. The standard InChI is InChI=1S/C40H50N2O5/c1-25-40(38(45)46-2)22-32(17-36(43)41-24-39-19-26-14-27(20-39)16-28(15-26)21-39)37(44)42(35(40)18-34(47-25)30-9-3-4-10-30)23-31-12-7-11-29-8-5-6-13-33(29)31/h5-8,11-13,18,25-28,30,32,34H,3-4,9-10,14-17,19-24H2,1-2H3,(H,41,43)/t25-,26?,27?,28?,32+,34-,39?,40+/m1/s1. The van der Waals surface area contributed by atoms with Crippen LogP contribution < -0.4 is 5.32 Å². The fraction of sp³-hybridized carbons (Fsp3) is 0.625. The molecule has 2 aromatic carbocycles. The first kappa shape index (κ1) is 31.1. The van der Waals surface area contributed by atoms with Crippen molar-refractivity contribution in [2.45, 2.75) is 103 Å². The second kappa shape index (κ2) is 12.0. The van der Waals surface area contributed by atoms with Gasteiger partial charge in [0.1, 0.15) is 5.41 Å². The number of carbonyl (C=O) groups excluding carboxylic acids is 3. The van der Waals surface area contributed by atoms with E-state index in [0.29, 0.717) is 24.7 Å². The second-order valence-corrected chi connectivity index (χ2v) is 16.2. The number of esters is 1. The first-order valence-electron chi connectivity index (χ1n) is 18.3. The summed E-state index contributed by atoms with van der Waals surface area (Å²) < 4.78 is 12.2. The first-order chi connectivity index (χ1) is 22.8. The van der Waals surface area contributed by atoms with Crippen molar-refractivity contribution < 1.29 is 23.9 Å². The molecular weight excluding hydrogens is 588 g/mol. The summed E-state index contributed by atoms with van der Waals surface area (Å²) >= 11 is 0. The maximum absolute atomic E-state index is 14.7. The molecule has 2 heterocycles. The van der Waals surface area contributed by atoms with Gasteiger partial charge in [-0.2, -0.15) is 0 Å². The average molecular weight is 639 g/mol. The van der Waals surface area contributed by atoms with Gasteiger partial charge in [-0.05, 0) is 116 Å². The highest BCUT2D eigenvalue weighted by Crippen LogP contribution is 2.60. The number of benzene rings is 2. The van der Waals surface area contributed by atoms with Gasteiger partial charge in [0.05, 0.1) is 25.9 Å². The number of hydrogen-bond donors (Lipinski definition) is 1. The molecule has 0 radical (unpaired) electrons. The minimum Gasteiger partial charge on any atom is -0.468 e. The van der Waals surface area contributed by atoms with Crippen molar-refractivity contribution in [3.05, 3.63) is 59.8 Å². The number of likely N-dealkylation sites (tertiary alicyclic amines) is 1. The third kappa shape index (κ3) is 5.41. The molecule has 5 aliphatic carbocycles. The van der Waals surface area contributed by atoms with Crippen LogP contribution in [0.5, 0.6) is 0 Å². The number of rotatable bonds is 8. The lowest BCUT2D eigenvalue weighted by Gasteiger charge is -2.57. The van der Waals surface area contributed by atoms with E-state index in [1.807, 2.05) is 30.0 Å². The van der Waals surface area contributed by atoms with E-state index in [2.05, 4.69) is 35.7 Å². The normalized spacial score (nSPS) is 36.3. The van der Waals surface area contributed by atoms with E-state index in [-0.39, 0.29) is 36.2 Å². The number of ether oxygens (including phenoxy) is 2. The van der Waals surface area contributed by atoms with Gasteiger partial charge in [0, 0.05) is 24.6 Å². The number of fused-ring (bicyclic) bond motifs is 2. The Balaban J connectivity index is 1.11. The van der Waals surface area contributed by atoms with Crippen molar-refractivity contribution in [1.82, 2.24) is 10.2 Å². The lowest BCUT2D eigenvalue weighted by atomic mass is 9.49. The number of piperidine rings is 1. The van der Waals surface area contributed by atoms with Crippen molar-refractivity contribution in [3.63, 3.8) is 0 Å². The van der Waals surface area contributed by atoms with E-state index in [9.17, 15) is 14.4 Å². The van der Waals surface area contributed by atoms with E-state index in [1.165, 1.54) is 58.5 Å². The maximum atomic E-state index is 14.7. The molecule has 0 unspecified atom stereocenters. The van der Waals surface area contributed by atoms with Crippen LogP contribution in [0.2, 0.25) is 0 Å². The Morgan fingerprint density at radius 1 is 0.957 bits per heavy atom. The molecule has 0 spiro atoms. The molecule has 250 valence electrons. The zero-order valence-corrected chi connectivity index (χ0v) is 28.0. The predicted molar refractivity (Wildman–Crippen MR) is 180 cm³/mol. The van der Waals surface area contributed by atoms with Crippen LogP contribution >= 0.6 is 0 Å². The van der Waals surface area contributed by atoms with Gasteiger partial charge in [0.2, 0.25) is 11.8 Å². The zero-order chi connectivity index (χ0) is 32.3. The molecule has 47 heavy (non-hydrogen) atoms. The van der Waals surface area contributed by atoms with Gasteiger partial charge in [-0.15, -0.1) is 0 Å². The number of hydrogen-bond acceptors (Lipinski definition) is 5. The molecule has 6 fully saturated rings. The van der Waals surface area contributed by atoms with Crippen LogP contribution in [0.1, 0.15) is 89.5 Å². The van der Waals surface area contributed by atoms with Crippen molar-refractivity contribution in [2.75, 3.05) is 13.7 Å². The number of amides is 2. The second-order valence-electron chi connectivity index (χ2n) is 16.2. The van der Waals surface area contributed by atoms with Gasteiger partial charge in [-0.25, -0.2) is 0 Å². The highest BCUT2D eigenvalue weighted by atomic mass is 16.5. The number of methoxy groups -OCH3 is 1. The molecule has 9 rings (SSSR count). The molecule has 1 saturated heterocycles.